The quantitative estimate of drug-likeness (QED) is 0.191. The van der Waals surface area contributed by atoms with Crippen LogP contribution in [0.3, 0.4) is 0 Å². The summed E-state index contributed by atoms with van der Waals surface area (Å²) in [6, 6.07) is 11.2. The Morgan fingerprint density at radius 1 is 0.853 bits per heavy atom. The third-order valence-corrected chi connectivity index (χ3v) is 6.15. The van der Waals surface area contributed by atoms with E-state index in [0.717, 1.165) is 11.8 Å². The molecule has 0 N–H and O–H groups in total. The lowest BCUT2D eigenvalue weighted by molar-refractivity contribution is -0.0760. The van der Waals surface area contributed by atoms with Gasteiger partial charge >= 0.3 is 0 Å². The van der Waals surface area contributed by atoms with Crippen LogP contribution in [0.25, 0.3) is 0 Å². The molecule has 0 aliphatic rings. The van der Waals surface area contributed by atoms with E-state index in [1.54, 1.807) is 36.6 Å². The molecule has 0 spiro atoms. The number of hydrogen-bond acceptors (Lipinski definition) is 4. The monoisotopic (exact) mass is 516 g/mol. The number of thioether (sulfide) groups is 1. The Morgan fingerprint density at radius 2 is 1.29 bits per heavy atom. The van der Waals surface area contributed by atoms with Crippen molar-refractivity contribution in [3.8, 4) is 0 Å². The molecular weight excluding hydrogens is 498 g/mol. The number of benzene rings is 3. The van der Waals surface area contributed by atoms with Crippen LogP contribution < -0.4 is 0 Å². The minimum atomic E-state index is -2.18. The van der Waals surface area contributed by atoms with E-state index in [-0.39, 0.29) is 22.1 Å². The molecule has 0 aliphatic heterocycles. The van der Waals surface area contributed by atoms with Crippen LogP contribution in [0.1, 0.15) is 23.6 Å². The molecule has 3 rings (SSSR count). The van der Waals surface area contributed by atoms with Crippen LogP contribution in [0.5, 0.6) is 0 Å². The van der Waals surface area contributed by atoms with Crippen molar-refractivity contribution >= 4 is 28.4 Å². The third-order valence-electron chi connectivity index (χ3n) is 5.15. The zero-order valence-corrected chi connectivity index (χ0v) is 19.5. The molecule has 0 aliphatic carbocycles. The van der Waals surface area contributed by atoms with Crippen molar-refractivity contribution < 1.29 is 35.8 Å². The van der Waals surface area contributed by atoms with Crippen LogP contribution in [0.15, 0.2) is 54.6 Å². The maximum absolute atomic E-state index is 14.3. The Morgan fingerprint density at radius 3 is 1.71 bits per heavy atom. The standard InChI is InChI=1S/C24H18F6O2S2/c1-13(31-12-14-6-4-3-5-7-14)24(32-23(33)34-2,15-8-17(25)21(29)18(26)9-15)16-10-19(27)22(30)20(28)11-16/h3-11,13H,12H2,1-2H3. The van der Waals surface area contributed by atoms with E-state index in [1.165, 1.54) is 6.92 Å². The summed E-state index contributed by atoms with van der Waals surface area (Å²) in [6.07, 6.45) is 0.326. The fourth-order valence-corrected chi connectivity index (χ4v) is 3.81. The summed E-state index contributed by atoms with van der Waals surface area (Å²) in [4.78, 5) is 0. The zero-order valence-electron chi connectivity index (χ0n) is 17.9. The van der Waals surface area contributed by atoms with Crippen LogP contribution in [0.4, 0.5) is 26.3 Å². The first-order valence-electron chi connectivity index (χ1n) is 9.82. The lowest BCUT2D eigenvalue weighted by Gasteiger charge is -2.40. The summed E-state index contributed by atoms with van der Waals surface area (Å²) < 4.78 is 96.2. The number of ether oxygens (including phenoxy) is 2. The van der Waals surface area contributed by atoms with Gasteiger partial charge in [0.1, 0.15) is 6.10 Å². The minimum absolute atomic E-state index is 0.0303. The van der Waals surface area contributed by atoms with Gasteiger partial charge in [-0.3, -0.25) is 0 Å². The predicted molar refractivity (Wildman–Crippen MR) is 121 cm³/mol. The molecule has 10 heteroatoms. The van der Waals surface area contributed by atoms with Crippen LogP contribution >= 0.6 is 24.0 Å². The largest absolute Gasteiger partial charge is 0.459 e. The van der Waals surface area contributed by atoms with E-state index < -0.39 is 46.6 Å². The highest BCUT2D eigenvalue weighted by Crippen LogP contribution is 2.42. The molecule has 0 aromatic heterocycles. The molecule has 3 aromatic carbocycles. The summed E-state index contributed by atoms with van der Waals surface area (Å²) >= 11 is 6.07. The third kappa shape index (κ3) is 5.24. The van der Waals surface area contributed by atoms with E-state index in [9.17, 15) is 26.3 Å². The molecule has 3 aromatic rings. The Bertz CT molecular complexity index is 1090. The van der Waals surface area contributed by atoms with Gasteiger partial charge in [0.25, 0.3) is 0 Å². The lowest BCUT2D eigenvalue weighted by atomic mass is 9.81. The SMILES string of the molecule is CSC(=S)OC(c1cc(F)c(F)c(F)c1)(c1cc(F)c(F)c(F)c1)C(C)OCc1ccccc1. The number of thiocarbonyl (C=S) groups is 1. The smallest absolute Gasteiger partial charge is 0.221 e. The normalized spacial score (nSPS) is 12.5. The second-order valence-corrected chi connectivity index (χ2v) is 8.65. The van der Waals surface area contributed by atoms with Crippen molar-refractivity contribution in [2.24, 2.45) is 0 Å². The Hall–Kier alpha value is -2.56. The van der Waals surface area contributed by atoms with Gasteiger partial charge in [-0.15, -0.1) is 0 Å². The highest BCUT2D eigenvalue weighted by molar-refractivity contribution is 8.22. The van der Waals surface area contributed by atoms with Gasteiger partial charge in [-0.1, -0.05) is 42.1 Å². The Labute approximate surface area is 201 Å². The lowest BCUT2D eigenvalue weighted by Crippen LogP contribution is -2.44. The average molecular weight is 517 g/mol. The highest BCUT2D eigenvalue weighted by atomic mass is 32.2. The van der Waals surface area contributed by atoms with Crippen molar-refractivity contribution in [2.75, 3.05) is 6.26 Å². The Balaban J connectivity index is 2.26. The summed E-state index contributed by atoms with van der Waals surface area (Å²) in [6.45, 7) is 1.39. The molecule has 34 heavy (non-hydrogen) atoms. The van der Waals surface area contributed by atoms with Crippen molar-refractivity contribution in [3.05, 3.63) is 106 Å². The molecule has 0 saturated heterocycles. The van der Waals surface area contributed by atoms with Gasteiger partial charge in [-0.25, -0.2) is 26.3 Å². The van der Waals surface area contributed by atoms with Crippen molar-refractivity contribution in [1.29, 1.82) is 0 Å². The van der Waals surface area contributed by atoms with Gasteiger partial charge in [-0.05, 0) is 55.2 Å². The van der Waals surface area contributed by atoms with Gasteiger partial charge in [0.2, 0.25) is 4.38 Å². The van der Waals surface area contributed by atoms with E-state index in [2.05, 4.69) is 0 Å². The van der Waals surface area contributed by atoms with E-state index in [1.807, 2.05) is 0 Å². The summed E-state index contributed by atoms with van der Waals surface area (Å²) in [5.41, 5.74) is -2.24. The predicted octanol–water partition coefficient (Wildman–Crippen LogP) is 7.03. The summed E-state index contributed by atoms with van der Waals surface area (Å²) in [7, 11) is 0. The number of hydrogen-bond donors (Lipinski definition) is 0. The molecule has 0 radical (unpaired) electrons. The van der Waals surface area contributed by atoms with Crippen LogP contribution in [0, 0.1) is 34.9 Å². The molecule has 1 unspecified atom stereocenters. The molecule has 0 fully saturated rings. The molecule has 0 amide bonds. The fourth-order valence-electron chi connectivity index (χ4n) is 3.46. The first-order chi connectivity index (χ1) is 16.1. The first-order valence-corrected chi connectivity index (χ1v) is 11.5. The molecule has 0 heterocycles. The maximum Gasteiger partial charge on any atom is 0.221 e. The van der Waals surface area contributed by atoms with Gasteiger partial charge in [0.05, 0.1) is 6.61 Å². The molecular formula is C24H18F6O2S2. The molecule has 1 atom stereocenters. The van der Waals surface area contributed by atoms with Crippen LogP contribution in [-0.4, -0.2) is 16.7 Å². The van der Waals surface area contributed by atoms with Crippen LogP contribution in [-0.2, 0) is 21.7 Å². The highest BCUT2D eigenvalue weighted by Gasteiger charge is 2.46. The van der Waals surface area contributed by atoms with Gasteiger partial charge in [0, 0.05) is 11.1 Å². The zero-order chi connectivity index (χ0) is 25.0. The van der Waals surface area contributed by atoms with Crippen molar-refractivity contribution in [2.45, 2.75) is 25.2 Å². The van der Waals surface area contributed by atoms with E-state index in [0.29, 0.717) is 29.8 Å². The summed E-state index contributed by atoms with van der Waals surface area (Å²) in [5, 5.41) is 0. The van der Waals surface area contributed by atoms with Gasteiger partial charge in [0.15, 0.2) is 40.5 Å². The van der Waals surface area contributed by atoms with E-state index in [4.69, 9.17) is 21.7 Å². The molecule has 180 valence electrons. The first kappa shape index (κ1) is 26.1. The topological polar surface area (TPSA) is 18.5 Å². The minimum Gasteiger partial charge on any atom is -0.459 e. The van der Waals surface area contributed by atoms with Gasteiger partial charge in [-0.2, -0.15) is 0 Å². The fraction of sp³-hybridized carbons (Fsp3) is 0.208. The molecule has 0 bridgehead atoms. The van der Waals surface area contributed by atoms with E-state index >= 15 is 0 Å². The average Bonchev–Trinajstić information content (AvgIpc) is 2.82. The second-order valence-electron chi connectivity index (χ2n) is 7.24. The Kier molecular flexibility index (Phi) is 8.27. The maximum atomic E-state index is 14.3. The molecule has 0 saturated carbocycles. The number of rotatable bonds is 7. The number of halogens is 6. The van der Waals surface area contributed by atoms with Crippen molar-refractivity contribution in [1.82, 2.24) is 0 Å². The summed E-state index contributed by atoms with van der Waals surface area (Å²) in [5.74, 6) is -9.79. The second kappa shape index (κ2) is 10.8. The van der Waals surface area contributed by atoms with Gasteiger partial charge < -0.3 is 9.47 Å². The van der Waals surface area contributed by atoms with Crippen molar-refractivity contribution in [3.63, 3.8) is 0 Å². The molecule has 2 nitrogen and oxygen atoms in total. The van der Waals surface area contributed by atoms with Crippen LogP contribution in [0.2, 0.25) is 0 Å².